The van der Waals surface area contributed by atoms with Crippen LogP contribution in [-0.2, 0) is 6.54 Å². The monoisotopic (exact) mass is 345 g/mol. The van der Waals surface area contributed by atoms with Gasteiger partial charge in [-0.15, -0.1) is 0 Å². The van der Waals surface area contributed by atoms with Crippen LogP contribution < -0.4 is 19.5 Å². The lowest BCUT2D eigenvalue weighted by atomic mass is 10.1. The lowest BCUT2D eigenvalue weighted by Gasteiger charge is -2.16. The molecule has 0 heterocycles. The Morgan fingerprint density at radius 1 is 1.04 bits per heavy atom. The van der Waals surface area contributed by atoms with Gasteiger partial charge in [-0.05, 0) is 49.7 Å². The maximum absolute atomic E-state index is 11.1. The van der Waals surface area contributed by atoms with Crippen LogP contribution in [0.4, 0.5) is 5.69 Å². The number of methoxy groups -OCH3 is 2. The molecule has 2 aromatic rings. The van der Waals surface area contributed by atoms with Crippen molar-refractivity contribution in [1.82, 2.24) is 0 Å². The average molecular weight is 345 g/mol. The van der Waals surface area contributed by atoms with Crippen molar-refractivity contribution in [3.8, 4) is 17.2 Å². The highest BCUT2D eigenvalue weighted by Gasteiger charge is 2.11. The summed E-state index contributed by atoms with van der Waals surface area (Å²) in [5.41, 5.74) is 1.78. The molecular formula is C19H23NO5. The average Bonchev–Trinajstić information content (AvgIpc) is 2.59. The number of nitrogens with one attached hydrogen (secondary N) is 1. The van der Waals surface area contributed by atoms with Crippen LogP contribution in [0.15, 0.2) is 36.4 Å². The van der Waals surface area contributed by atoms with E-state index < -0.39 is 5.97 Å². The van der Waals surface area contributed by atoms with Gasteiger partial charge in [0, 0.05) is 6.54 Å². The van der Waals surface area contributed by atoms with Gasteiger partial charge in [0.25, 0.3) is 0 Å². The van der Waals surface area contributed by atoms with E-state index in [0.717, 1.165) is 5.56 Å². The van der Waals surface area contributed by atoms with Crippen molar-refractivity contribution in [2.75, 3.05) is 19.5 Å². The Hall–Kier alpha value is -2.89. The summed E-state index contributed by atoms with van der Waals surface area (Å²) in [5.74, 6) is 0.935. The topological polar surface area (TPSA) is 77.0 Å². The van der Waals surface area contributed by atoms with Crippen molar-refractivity contribution in [2.45, 2.75) is 26.5 Å². The fourth-order valence-electron chi connectivity index (χ4n) is 2.35. The number of benzene rings is 2. The molecule has 0 amide bonds. The quantitative estimate of drug-likeness (QED) is 0.758. The highest BCUT2D eigenvalue weighted by atomic mass is 16.5. The maximum atomic E-state index is 11.1. The van der Waals surface area contributed by atoms with E-state index in [1.807, 2.05) is 32.0 Å². The second-order valence-corrected chi connectivity index (χ2v) is 5.73. The summed E-state index contributed by atoms with van der Waals surface area (Å²) in [6.45, 7) is 4.39. The number of anilines is 1. The first-order chi connectivity index (χ1) is 11.9. The summed E-state index contributed by atoms with van der Waals surface area (Å²) in [7, 11) is 3.14. The van der Waals surface area contributed by atoms with Crippen molar-refractivity contribution >= 4 is 11.7 Å². The fraction of sp³-hybridized carbons (Fsp3) is 0.316. The van der Waals surface area contributed by atoms with E-state index in [0.29, 0.717) is 29.5 Å². The number of hydrogen-bond donors (Lipinski definition) is 2. The van der Waals surface area contributed by atoms with E-state index in [-0.39, 0.29) is 11.7 Å². The molecule has 0 aliphatic heterocycles. The van der Waals surface area contributed by atoms with Gasteiger partial charge in [0.2, 0.25) is 0 Å². The fourth-order valence-corrected chi connectivity index (χ4v) is 2.35. The van der Waals surface area contributed by atoms with Crippen molar-refractivity contribution < 1.29 is 24.1 Å². The molecule has 25 heavy (non-hydrogen) atoms. The molecule has 6 heteroatoms. The lowest BCUT2D eigenvalue weighted by Crippen LogP contribution is -2.08. The SMILES string of the molecule is COc1ccc(C(=O)O)cc1NCc1ccc(OC(C)C)c(OC)c1. The first-order valence-electron chi connectivity index (χ1n) is 7.93. The molecule has 0 aliphatic rings. The van der Waals surface area contributed by atoms with Gasteiger partial charge < -0.3 is 24.6 Å². The number of rotatable bonds is 8. The zero-order valence-corrected chi connectivity index (χ0v) is 14.8. The third-order valence-electron chi connectivity index (χ3n) is 3.52. The van der Waals surface area contributed by atoms with E-state index in [1.165, 1.54) is 6.07 Å². The number of carbonyl (C=O) groups is 1. The van der Waals surface area contributed by atoms with E-state index in [4.69, 9.17) is 19.3 Å². The third kappa shape index (κ3) is 4.79. The smallest absolute Gasteiger partial charge is 0.335 e. The van der Waals surface area contributed by atoms with Gasteiger partial charge in [0.05, 0.1) is 31.6 Å². The van der Waals surface area contributed by atoms with Crippen LogP contribution in [0.5, 0.6) is 17.2 Å². The van der Waals surface area contributed by atoms with Crippen molar-refractivity contribution in [2.24, 2.45) is 0 Å². The van der Waals surface area contributed by atoms with Crippen LogP contribution in [0, 0.1) is 0 Å². The number of ether oxygens (including phenoxy) is 3. The van der Waals surface area contributed by atoms with E-state index in [2.05, 4.69) is 5.32 Å². The number of carboxylic acids is 1. The predicted octanol–water partition coefficient (Wildman–Crippen LogP) is 3.80. The third-order valence-corrected chi connectivity index (χ3v) is 3.52. The second-order valence-electron chi connectivity index (χ2n) is 5.73. The van der Waals surface area contributed by atoms with Crippen LogP contribution in [-0.4, -0.2) is 31.4 Å². The molecule has 0 bridgehead atoms. The van der Waals surface area contributed by atoms with Gasteiger partial charge in [0.15, 0.2) is 11.5 Å². The first-order valence-corrected chi connectivity index (χ1v) is 7.93. The van der Waals surface area contributed by atoms with Crippen LogP contribution >= 0.6 is 0 Å². The molecule has 0 unspecified atom stereocenters. The zero-order valence-electron chi connectivity index (χ0n) is 14.8. The van der Waals surface area contributed by atoms with Gasteiger partial charge in [-0.3, -0.25) is 0 Å². The standard InChI is InChI=1S/C19H23NO5/c1-12(2)25-17-7-5-13(9-18(17)24-4)11-20-15-10-14(19(21)22)6-8-16(15)23-3/h5-10,12,20H,11H2,1-4H3,(H,21,22). The Morgan fingerprint density at radius 3 is 2.32 bits per heavy atom. The van der Waals surface area contributed by atoms with Gasteiger partial charge >= 0.3 is 5.97 Å². The largest absolute Gasteiger partial charge is 0.495 e. The molecular weight excluding hydrogens is 322 g/mol. The Labute approximate surface area is 147 Å². The molecule has 0 aromatic heterocycles. The number of aromatic carboxylic acids is 1. The Bertz CT molecular complexity index is 743. The molecule has 0 fully saturated rings. The number of hydrogen-bond acceptors (Lipinski definition) is 5. The summed E-state index contributed by atoms with van der Waals surface area (Å²) < 4.78 is 16.4. The lowest BCUT2D eigenvalue weighted by molar-refractivity contribution is 0.0697. The summed E-state index contributed by atoms with van der Waals surface area (Å²) in [4.78, 5) is 11.1. The van der Waals surface area contributed by atoms with Crippen molar-refractivity contribution in [3.63, 3.8) is 0 Å². The first kappa shape index (κ1) is 18.4. The zero-order chi connectivity index (χ0) is 18.4. The van der Waals surface area contributed by atoms with Gasteiger partial charge in [-0.1, -0.05) is 6.07 Å². The van der Waals surface area contributed by atoms with Crippen molar-refractivity contribution in [1.29, 1.82) is 0 Å². The van der Waals surface area contributed by atoms with Crippen molar-refractivity contribution in [3.05, 3.63) is 47.5 Å². The van der Waals surface area contributed by atoms with Crippen LogP contribution in [0.25, 0.3) is 0 Å². The molecule has 2 rings (SSSR count). The molecule has 6 nitrogen and oxygen atoms in total. The van der Waals surface area contributed by atoms with E-state index in [9.17, 15) is 4.79 Å². The van der Waals surface area contributed by atoms with Gasteiger partial charge in [0.1, 0.15) is 5.75 Å². The summed E-state index contributed by atoms with van der Waals surface area (Å²) in [6.07, 6.45) is 0.0564. The highest BCUT2D eigenvalue weighted by Crippen LogP contribution is 2.30. The molecule has 2 aromatic carbocycles. The van der Waals surface area contributed by atoms with Crippen LogP contribution in [0.1, 0.15) is 29.8 Å². The normalized spacial score (nSPS) is 10.4. The minimum atomic E-state index is -0.984. The molecule has 134 valence electrons. The predicted molar refractivity (Wildman–Crippen MR) is 96.0 cm³/mol. The minimum Gasteiger partial charge on any atom is -0.495 e. The Balaban J connectivity index is 2.18. The second kappa shape index (κ2) is 8.28. The van der Waals surface area contributed by atoms with E-state index in [1.54, 1.807) is 26.4 Å². The molecule has 0 atom stereocenters. The number of carboxylic acid groups (broad SMARTS) is 1. The van der Waals surface area contributed by atoms with Gasteiger partial charge in [-0.2, -0.15) is 0 Å². The Morgan fingerprint density at radius 2 is 1.72 bits per heavy atom. The molecule has 0 aliphatic carbocycles. The minimum absolute atomic E-state index is 0.0564. The summed E-state index contributed by atoms with van der Waals surface area (Å²) >= 11 is 0. The summed E-state index contributed by atoms with van der Waals surface area (Å²) in [6, 6.07) is 10.4. The van der Waals surface area contributed by atoms with Crippen LogP contribution in [0.2, 0.25) is 0 Å². The Kier molecular flexibility index (Phi) is 6.11. The van der Waals surface area contributed by atoms with Gasteiger partial charge in [-0.25, -0.2) is 4.79 Å². The maximum Gasteiger partial charge on any atom is 0.335 e. The molecule has 0 spiro atoms. The summed E-state index contributed by atoms with van der Waals surface area (Å²) in [5, 5.41) is 12.3. The molecule has 0 saturated carbocycles. The molecule has 0 saturated heterocycles. The highest BCUT2D eigenvalue weighted by molar-refractivity contribution is 5.89. The van der Waals surface area contributed by atoms with E-state index >= 15 is 0 Å². The van der Waals surface area contributed by atoms with Crippen LogP contribution in [0.3, 0.4) is 0 Å². The molecule has 2 N–H and O–H groups in total. The molecule has 0 radical (unpaired) electrons.